The Kier molecular flexibility index (Phi) is 4.44. The minimum Gasteiger partial charge on any atom is -0.479 e. The molecular weight excluding hydrogens is 272 g/mol. The molecule has 0 spiro atoms. The monoisotopic (exact) mass is 292 g/mol. The fourth-order valence-corrected chi connectivity index (χ4v) is 2.92. The first-order chi connectivity index (χ1) is 9.54. The highest BCUT2D eigenvalue weighted by Gasteiger charge is 2.17. The van der Waals surface area contributed by atoms with Gasteiger partial charge in [0, 0.05) is 25.2 Å². The van der Waals surface area contributed by atoms with E-state index in [1.54, 1.807) is 24.6 Å². The molecule has 0 aliphatic carbocycles. The SMILES string of the molecule is COc1nccc(N(C)C)c1NC(C)c1scnc1C. The van der Waals surface area contributed by atoms with E-state index < -0.39 is 0 Å². The zero-order valence-electron chi connectivity index (χ0n) is 12.5. The summed E-state index contributed by atoms with van der Waals surface area (Å²) in [5, 5.41) is 3.50. The van der Waals surface area contributed by atoms with E-state index in [1.807, 2.05) is 37.5 Å². The van der Waals surface area contributed by atoms with Gasteiger partial charge in [0.25, 0.3) is 0 Å². The molecule has 2 aromatic rings. The number of rotatable bonds is 5. The van der Waals surface area contributed by atoms with Crippen LogP contribution in [0.1, 0.15) is 23.5 Å². The van der Waals surface area contributed by atoms with Crippen molar-refractivity contribution in [3.63, 3.8) is 0 Å². The Morgan fingerprint density at radius 1 is 1.35 bits per heavy atom. The second-order valence-electron chi connectivity index (χ2n) is 4.78. The molecule has 0 bridgehead atoms. The lowest BCUT2D eigenvalue weighted by atomic mass is 10.2. The van der Waals surface area contributed by atoms with Crippen molar-refractivity contribution in [2.24, 2.45) is 0 Å². The van der Waals surface area contributed by atoms with Crippen LogP contribution in [0.3, 0.4) is 0 Å². The molecule has 2 heterocycles. The van der Waals surface area contributed by atoms with Crippen LogP contribution < -0.4 is 15.0 Å². The molecule has 5 nitrogen and oxygen atoms in total. The van der Waals surface area contributed by atoms with Crippen molar-refractivity contribution >= 4 is 22.7 Å². The molecule has 2 aromatic heterocycles. The quantitative estimate of drug-likeness (QED) is 0.917. The van der Waals surface area contributed by atoms with Crippen LogP contribution in [0.15, 0.2) is 17.8 Å². The fourth-order valence-electron chi connectivity index (χ4n) is 2.10. The number of hydrogen-bond donors (Lipinski definition) is 1. The molecule has 0 aliphatic rings. The molecule has 1 atom stereocenters. The smallest absolute Gasteiger partial charge is 0.239 e. The summed E-state index contributed by atoms with van der Waals surface area (Å²) in [6.45, 7) is 4.14. The number of thiazole rings is 1. The molecular formula is C14H20N4OS. The highest BCUT2D eigenvalue weighted by molar-refractivity contribution is 7.09. The summed E-state index contributed by atoms with van der Waals surface area (Å²) in [4.78, 5) is 11.8. The zero-order chi connectivity index (χ0) is 14.7. The Morgan fingerprint density at radius 2 is 2.10 bits per heavy atom. The molecule has 0 saturated heterocycles. The van der Waals surface area contributed by atoms with E-state index in [-0.39, 0.29) is 6.04 Å². The normalized spacial score (nSPS) is 12.1. The second kappa shape index (κ2) is 6.09. The van der Waals surface area contributed by atoms with Gasteiger partial charge in [0.2, 0.25) is 5.88 Å². The number of aryl methyl sites for hydroxylation is 1. The topological polar surface area (TPSA) is 50.3 Å². The van der Waals surface area contributed by atoms with E-state index >= 15 is 0 Å². The highest BCUT2D eigenvalue weighted by Crippen LogP contribution is 2.35. The van der Waals surface area contributed by atoms with Crippen molar-refractivity contribution in [3.8, 4) is 5.88 Å². The number of aromatic nitrogens is 2. The first-order valence-corrected chi connectivity index (χ1v) is 7.29. The van der Waals surface area contributed by atoms with Crippen LogP contribution in [0.4, 0.5) is 11.4 Å². The van der Waals surface area contributed by atoms with Gasteiger partial charge in [-0.15, -0.1) is 11.3 Å². The van der Waals surface area contributed by atoms with Gasteiger partial charge in [-0.2, -0.15) is 0 Å². The summed E-state index contributed by atoms with van der Waals surface area (Å²) in [5.41, 5.74) is 4.88. The molecule has 0 amide bonds. The van der Waals surface area contributed by atoms with Crippen LogP contribution >= 0.6 is 11.3 Å². The van der Waals surface area contributed by atoms with E-state index in [0.29, 0.717) is 5.88 Å². The molecule has 0 radical (unpaired) electrons. The summed E-state index contributed by atoms with van der Waals surface area (Å²) < 4.78 is 5.37. The Bertz CT molecular complexity index is 582. The maximum Gasteiger partial charge on any atom is 0.239 e. The average Bonchev–Trinajstić information content (AvgIpc) is 2.85. The summed E-state index contributed by atoms with van der Waals surface area (Å²) in [7, 11) is 5.64. The Morgan fingerprint density at radius 3 is 2.65 bits per heavy atom. The number of pyridine rings is 1. The van der Waals surface area contributed by atoms with Crippen LogP contribution in [0.2, 0.25) is 0 Å². The van der Waals surface area contributed by atoms with Crippen molar-refractivity contribution in [1.82, 2.24) is 9.97 Å². The van der Waals surface area contributed by atoms with E-state index in [1.165, 1.54) is 4.88 Å². The predicted octanol–water partition coefficient (Wildman–Crippen LogP) is 3.09. The molecule has 2 rings (SSSR count). The van der Waals surface area contributed by atoms with Crippen molar-refractivity contribution < 1.29 is 4.74 Å². The number of ether oxygens (including phenoxy) is 1. The summed E-state index contributed by atoms with van der Waals surface area (Å²) in [6, 6.07) is 2.12. The van der Waals surface area contributed by atoms with Gasteiger partial charge in [-0.25, -0.2) is 9.97 Å². The minimum absolute atomic E-state index is 0.152. The lowest BCUT2D eigenvalue weighted by molar-refractivity contribution is 0.399. The van der Waals surface area contributed by atoms with Gasteiger partial charge in [0.05, 0.1) is 30.0 Å². The number of hydrogen-bond acceptors (Lipinski definition) is 6. The van der Waals surface area contributed by atoms with Gasteiger partial charge < -0.3 is 15.0 Å². The van der Waals surface area contributed by atoms with E-state index in [9.17, 15) is 0 Å². The standard InChI is InChI=1S/C14H20N4OS/c1-9-13(20-8-16-9)10(2)17-12-11(18(3)4)6-7-15-14(12)19-5/h6-8,10,17H,1-5H3. The zero-order valence-corrected chi connectivity index (χ0v) is 13.3. The van der Waals surface area contributed by atoms with Gasteiger partial charge in [0.1, 0.15) is 5.69 Å². The van der Waals surface area contributed by atoms with Gasteiger partial charge in [-0.3, -0.25) is 0 Å². The Labute approximate surface area is 123 Å². The van der Waals surface area contributed by atoms with Gasteiger partial charge in [-0.05, 0) is 19.9 Å². The van der Waals surface area contributed by atoms with Crippen LogP contribution in [0.5, 0.6) is 5.88 Å². The first-order valence-electron chi connectivity index (χ1n) is 6.41. The third-order valence-electron chi connectivity index (χ3n) is 3.11. The third-order valence-corrected chi connectivity index (χ3v) is 4.22. The summed E-state index contributed by atoms with van der Waals surface area (Å²) >= 11 is 1.66. The lowest BCUT2D eigenvalue weighted by Crippen LogP contribution is -2.15. The highest BCUT2D eigenvalue weighted by atomic mass is 32.1. The van der Waals surface area contributed by atoms with E-state index in [0.717, 1.165) is 17.1 Å². The number of nitrogens with one attached hydrogen (secondary N) is 1. The summed E-state index contributed by atoms with van der Waals surface area (Å²) in [5.74, 6) is 0.602. The fraction of sp³-hybridized carbons (Fsp3) is 0.429. The molecule has 0 saturated carbocycles. The predicted molar refractivity (Wildman–Crippen MR) is 84.0 cm³/mol. The first kappa shape index (κ1) is 14.6. The van der Waals surface area contributed by atoms with Crippen molar-refractivity contribution in [1.29, 1.82) is 0 Å². The number of anilines is 2. The van der Waals surface area contributed by atoms with E-state index in [4.69, 9.17) is 4.74 Å². The molecule has 20 heavy (non-hydrogen) atoms. The van der Waals surface area contributed by atoms with Crippen molar-refractivity contribution in [2.45, 2.75) is 19.9 Å². The Hall–Kier alpha value is -1.82. The van der Waals surface area contributed by atoms with Gasteiger partial charge in [0.15, 0.2) is 0 Å². The number of methoxy groups -OCH3 is 1. The van der Waals surface area contributed by atoms with Crippen LogP contribution in [0.25, 0.3) is 0 Å². The van der Waals surface area contributed by atoms with E-state index in [2.05, 4.69) is 22.2 Å². The molecule has 0 aromatic carbocycles. The lowest BCUT2D eigenvalue weighted by Gasteiger charge is -2.22. The second-order valence-corrected chi connectivity index (χ2v) is 5.66. The largest absolute Gasteiger partial charge is 0.479 e. The molecule has 1 unspecified atom stereocenters. The van der Waals surface area contributed by atoms with Crippen LogP contribution in [-0.2, 0) is 0 Å². The third kappa shape index (κ3) is 2.85. The minimum atomic E-state index is 0.152. The average molecular weight is 292 g/mol. The Balaban J connectivity index is 2.35. The van der Waals surface area contributed by atoms with Crippen LogP contribution in [-0.4, -0.2) is 31.2 Å². The van der Waals surface area contributed by atoms with Gasteiger partial charge in [-0.1, -0.05) is 0 Å². The van der Waals surface area contributed by atoms with Crippen molar-refractivity contribution in [3.05, 3.63) is 28.3 Å². The van der Waals surface area contributed by atoms with Crippen molar-refractivity contribution in [2.75, 3.05) is 31.4 Å². The van der Waals surface area contributed by atoms with Crippen LogP contribution in [0, 0.1) is 6.92 Å². The summed E-state index contributed by atoms with van der Waals surface area (Å²) in [6.07, 6.45) is 1.75. The molecule has 0 aliphatic heterocycles. The molecule has 108 valence electrons. The number of nitrogens with zero attached hydrogens (tertiary/aromatic N) is 3. The van der Waals surface area contributed by atoms with Gasteiger partial charge >= 0.3 is 0 Å². The maximum absolute atomic E-state index is 5.37. The molecule has 1 N–H and O–H groups in total. The molecule has 0 fully saturated rings. The molecule has 6 heteroatoms. The maximum atomic E-state index is 5.37.